The summed E-state index contributed by atoms with van der Waals surface area (Å²) < 4.78 is 14.6. The van der Waals surface area contributed by atoms with Crippen LogP contribution in [-0.4, -0.2) is 51.4 Å². The lowest BCUT2D eigenvalue weighted by atomic mass is 10.2. The lowest BCUT2D eigenvalue weighted by molar-refractivity contribution is 0.122. The number of para-hydroxylation sites is 2. The Labute approximate surface area is 183 Å². The number of thioether (sulfide) groups is 1. The zero-order chi connectivity index (χ0) is 21.2. The van der Waals surface area contributed by atoms with Crippen molar-refractivity contribution in [3.63, 3.8) is 0 Å². The summed E-state index contributed by atoms with van der Waals surface area (Å²) in [6.07, 6.45) is 0. The van der Waals surface area contributed by atoms with E-state index in [1.165, 1.54) is 5.56 Å². The van der Waals surface area contributed by atoms with Crippen molar-refractivity contribution in [1.82, 2.24) is 19.3 Å². The summed E-state index contributed by atoms with van der Waals surface area (Å²) in [5, 5.41) is 9.79. The minimum Gasteiger partial charge on any atom is -0.408 e. The van der Waals surface area contributed by atoms with E-state index in [9.17, 15) is 4.79 Å². The second kappa shape index (κ2) is 8.60. The average Bonchev–Trinajstić information content (AvgIpc) is 3.35. The summed E-state index contributed by atoms with van der Waals surface area (Å²) in [4.78, 5) is 14.5. The molecule has 5 rings (SSSR count). The summed E-state index contributed by atoms with van der Waals surface area (Å²) in [6.45, 7) is 5.52. The fourth-order valence-electron chi connectivity index (χ4n) is 3.77. The molecule has 0 amide bonds. The molecule has 3 heterocycles. The number of benzene rings is 2. The zero-order valence-corrected chi connectivity index (χ0v) is 18.0. The molecule has 0 radical (unpaired) electrons. The number of fused-ring (bicyclic) bond motifs is 1. The van der Waals surface area contributed by atoms with Gasteiger partial charge in [-0.05, 0) is 36.8 Å². The molecule has 0 unspecified atom stereocenters. The highest BCUT2D eigenvalue weighted by Gasteiger charge is 2.22. The van der Waals surface area contributed by atoms with E-state index in [1.807, 2.05) is 30.3 Å². The SMILES string of the molecule is Cc1cccc(-n2c(SCCn3c(=O)oc4ccccc43)nnc2N2CCOCC2)c1. The first kappa shape index (κ1) is 19.9. The number of nitrogens with zero attached hydrogens (tertiary/aromatic N) is 5. The van der Waals surface area contributed by atoms with Crippen LogP contribution < -0.4 is 10.7 Å². The van der Waals surface area contributed by atoms with Gasteiger partial charge in [-0.25, -0.2) is 4.79 Å². The topological polar surface area (TPSA) is 78.3 Å². The van der Waals surface area contributed by atoms with Crippen LogP contribution in [0.2, 0.25) is 0 Å². The number of aryl methyl sites for hydroxylation is 2. The third-order valence-corrected chi connectivity index (χ3v) is 6.20. The molecule has 31 heavy (non-hydrogen) atoms. The first-order chi connectivity index (χ1) is 15.2. The van der Waals surface area contributed by atoms with E-state index in [4.69, 9.17) is 9.15 Å². The van der Waals surface area contributed by atoms with E-state index < -0.39 is 0 Å². The van der Waals surface area contributed by atoms with E-state index in [0.29, 0.717) is 31.1 Å². The molecule has 9 heteroatoms. The van der Waals surface area contributed by atoms with Gasteiger partial charge < -0.3 is 14.1 Å². The van der Waals surface area contributed by atoms with Crippen LogP contribution in [0, 0.1) is 6.92 Å². The summed E-state index contributed by atoms with van der Waals surface area (Å²) in [6, 6.07) is 15.8. The van der Waals surface area contributed by atoms with Gasteiger partial charge in [-0.1, -0.05) is 36.0 Å². The van der Waals surface area contributed by atoms with Crippen molar-refractivity contribution in [2.24, 2.45) is 0 Å². The van der Waals surface area contributed by atoms with Crippen LogP contribution >= 0.6 is 11.8 Å². The molecule has 1 aliphatic heterocycles. The molecule has 1 saturated heterocycles. The number of aromatic nitrogens is 4. The molecule has 0 N–H and O–H groups in total. The van der Waals surface area contributed by atoms with Crippen molar-refractivity contribution < 1.29 is 9.15 Å². The van der Waals surface area contributed by atoms with Crippen LogP contribution in [0.5, 0.6) is 0 Å². The molecule has 1 aliphatic rings. The molecule has 2 aromatic heterocycles. The number of hydrogen-bond acceptors (Lipinski definition) is 7. The van der Waals surface area contributed by atoms with Gasteiger partial charge in [0.05, 0.1) is 24.4 Å². The smallest absolute Gasteiger partial charge is 0.408 e. The zero-order valence-electron chi connectivity index (χ0n) is 17.2. The van der Waals surface area contributed by atoms with Crippen LogP contribution in [-0.2, 0) is 11.3 Å². The fraction of sp³-hybridized carbons (Fsp3) is 0.318. The molecular weight excluding hydrogens is 414 g/mol. The Bertz CT molecular complexity index is 1260. The van der Waals surface area contributed by atoms with Crippen LogP contribution in [0.15, 0.2) is 62.9 Å². The highest BCUT2D eigenvalue weighted by atomic mass is 32.2. The molecule has 0 atom stereocenters. The predicted octanol–water partition coefficient (Wildman–Crippen LogP) is 3.11. The van der Waals surface area contributed by atoms with Gasteiger partial charge in [0.2, 0.25) is 5.95 Å². The molecule has 4 aromatic rings. The number of ether oxygens (including phenoxy) is 1. The maximum atomic E-state index is 12.3. The van der Waals surface area contributed by atoms with Crippen LogP contribution in [0.3, 0.4) is 0 Å². The van der Waals surface area contributed by atoms with E-state index in [1.54, 1.807) is 16.3 Å². The second-order valence-electron chi connectivity index (χ2n) is 7.39. The van der Waals surface area contributed by atoms with Gasteiger partial charge in [-0.15, -0.1) is 10.2 Å². The van der Waals surface area contributed by atoms with Crippen molar-refractivity contribution in [2.75, 3.05) is 37.0 Å². The molecule has 0 bridgehead atoms. The van der Waals surface area contributed by atoms with E-state index in [0.717, 1.165) is 35.4 Å². The molecule has 1 fully saturated rings. The Morgan fingerprint density at radius 1 is 1.06 bits per heavy atom. The van der Waals surface area contributed by atoms with Gasteiger partial charge in [0.1, 0.15) is 0 Å². The lowest BCUT2D eigenvalue weighted by Gasteiger charge is -2.28. The largest absolute Gasteiger partial charge is 0.419 e. The Balaban J connectivity index is 1.42. The number of morpholine rings is 1. The highest BCUT2D eigenvalue weighted by Crippen LogP contribution is 2.28. The Kier molecular flexibility index (Phi) is 5.52. The summed E-state index contributed by atoms with van der Waals surface area (Å²) >= 11 is 1.58. The lowest BCUT2D eigenvalue weighted by Crippen LogP contribution is -2.37. The minimum absolute atomic E-state index is 0.337. The normalized spacial score (nSPS) is 14.4. The van der Waals surface area contributed by atoms with Crippen molar-refractivity contribution >= 4 is 28.8 Å². The number of hydrogen-bond donors (Lipinski definition) is 0. The molecule has 0 saturated carbocycles. The number of anilines is 1. The quantitative estimate of drug-likeness (QED) is 0.429. The van der Waals surface area contributed by atoms with E-state index >= 15 is 0 Å². The van der Waals surface area contributed by atoms with Crippen molar-refractivity contribution in [1.29, 1.82) is 0 Å². The monoisotopic (exact) mass is 437 g/mol. The van der Waals surface area contributed by atoms with Gasteiger partial charge in [0.25, 0.3) is 0 Å². The summed E-state index contributed by atoms with van der Waals surface area (Å²) in [5.41, 5.74) is 3.61. The third-order valence-electron chi connectivity index (χ3n) is 5.29. The van der Waals surface area contributed by atoms with Gasteiger partial charge in [-0.3, -0.25) is 9.13 Å². The van der Waals surface area contributed by atoms with Gasteiger partial charge in [-0.2, -0.15) is 0 Å². The number of oxazole rings is 1. The maximum Gasteiger partial charge on any atom is 0.419 e. The molecule has 160 valence electrons. The van der Waals surface area contributed by atoms with Gasteiger partial charge in [0.15, 0.2) is 10.7 Å². The molecular formula is C22H23N5O3S. The highest BCUT2D eigenvalue weighted by molar-refractivity contribution is 7.99. The van der Waals surface area contributed by atoms with Crippen molar-refractivity contribution in [2.45, 2.75) is 18.6 Å². The second-order valence-corrected chi connectivity index (χ2v) is 8.45. The fourth-order valence-corrected chi connectivity index (χ4v) is 4.64. The first-order valence-electron chi connectivity index (χ1n) is 10.3. The molecule has 0 aliphatic carbocycles. The van der Waals surface area contributed by atoms with E-state index in [2.05, 4.69) is 44.8 Å². The molecule has 8 nitrogen and oxygen atoms in total. The van der Waals surface area contributed by atoms with E-state index in [-0.39, 0.29) is 5.76 Å². The predicted molar refractivity (Wildman–Crippen MR) is 120 cm³/mol. The Hall–Kier alpha value is -3.04. The van der Waals surface area contributed by atoms with Crippen LogP contribution in [0.1, 0.15) is 5.56 Å². The first-order valence-corrected chi connectivity index (χ1v) is 11.3. The third kappa shape index (κ3) is 3.98. The Morgan fingerprint density at radius 2 is 1.90 bits per heavy atom. The standard InChI is InChI=1S/C22H23N5O3S/c1-16-5-4-6-17(15-16)27-20(25-9-12-29-13-10-25)23-24-21(27)31-14-11-26-18-7-2-3-8-19(18)30-22(26)28/h2-8,15H,9-14H2,1H3. The minimum atomic E-state index is -0.337. The van der Waals surface area contributed by atoms with Crippen LogP contribution in [0.4, 0.5) is 5.95 Å². The average molecular weight is 438 g/mol. The van der Waals surface area contributed by atoms with Gasteiger partial charge >= 0.3 is 5.76 Å². The van der Waals surface area contributed by atoms with Crippen molar-refractivity contribution in [3.8, 4) is 5.69 Å². The Morgan fingerprint density at radius 3 is 2.74 bits per heavy atom. The summed E-state index contributed by atoms with van der Waals surface area (Å²) in [5.74, 6) is 1.15. The van der Waals surface area contributed by atoms with Crippen LogP contribution in [0.25, 0.3) is 16.8 Å². The molecule has 2 aromatic carbocycles. The maximum absolute atomic E-state index is 12.3. The summed E-state index contributed by atoms with van der Waals surface area (Å²) in [7, 11) is 0. The molecule has 0 spiro atoms. The van der Waals surface area contributed by atoms with Crippen molar-refractivity contribution in [3.05, 3.63) is 64.6 Å². The van der Waals surface area contributed by atoms with Gasteiger partial charge in [0, 0.05) is 25.4 Å². The number of rotatable bonds is 6.